The van der Waals surface area contributed by atoms with Crippen molar-refractivity contribution in [1.82, 2.24) is 10.3 Å². The summed E-state index contributed by atoms with van der Waals surface area (Å²) in [7, 11) is -3.65. The first kappa shape index (κ1) is 27.1. The van der Waals surface area contributed by atoms with E-state index in [2.05, 4.69) is 10.3 Å². The summed E-state index contributed by atoms with van der Waals surface area (Å²) in [5.41, 5.74) is -0.771. The number of unbranched alkanes of at least 4 members (excludes halogenated alkanes) is 1. The number of nitrogens with one attached hydrogen (secondary N) is 2. The normalized spacial score (nSPS) is 13.0. The fourth-order valence-corrected chi connectivity index (χ4v) is 3.32. The highest BCUT2D eigenvalue weighted by Gasteiger charge is 2.33. The maximum absolute atomic E-state index is 14.2. The van der Waals surface area contributed by atoms with Gasteiger partial charge in [-0.3, -0.25) is 9.52 Å². The molecule has 1 aromatic carbocycles. The van der Waals surface area contributed by atoms with Crippen LogP contribution >= 0.6 is 0 Å². The first-order chi connectivity index (χ1) is 15.8. The van der Waals surface area contributed by atoms with Crippen LogP contribution in [0.3, 0.4) is 0 Å². The Bertz CT molecular complexity index is 1150. The summed E-state index contributed by atoms with van der Waals surface area (Å²) in [6, 6.07) is 5.07. The Balaban J connectivity index is 2.13. The lowest BCUT2D eigenvalue weighted by atomic mass is 10.1. The molecule has 0 saturated heterocycles. The Kier molecular flexibility index (Phi) is 9.02. The lowest BCUT2D eigenvalue weighted by Gasteiger charge is -2.15. The number of benzene rings is 1. The molecule has 2 rings (SSSR count). The Labute approximate surface area is 195 Å². The molecule has 0 fully saturated rings. The van der Waals surface area contributed by atoms with E-state index in [1.54, 1.807) is 6.92 Å². The van der Waals surface area contributed by atoms with Crippen molar-refractivity contribution in [2.75, 3.05) is 17.6 Å². The highest BCUT2D eigenvalue weighted by molar-refractivity contribution is 7.92. The molecule has 7 nitrogen and oxygen atoms in total. The van der Waals surface area contributed by atoms with E-state index >= 15 is 0 Å². The zero-order valence-electron chi connectivity index (χ0n) is 18.7. The standard InChI is InChI=1S/C22H25F4N3O4S/c1-4-5-12-33-21-15(7-10-19(28-21)22(24,25)26)8-11-20(30)27-14(2)16-6-9-18(17(23)13-16)29-34(3,31)32/h6-11,13-14,29H,4-5,12H2,1-3H3,(H,27,30)/b11-8+/t14-/m1/s1. The van der Waals surface area contributed by atoms with Crippen molar-refractivity contribution < 1.29 is 35.5 Å². The van der Waals surface area contributed by atoms with Gasteiger partial charge >= 0.3 is 6.18 Å². The smallest absolute Gasteiger partial charge is 0.433 e. The molecule has 0 spiro atoms. The molecule has 34 heavy (non-hydrogen) atoms. The summed E-state index contributed by atoms with van der Waals surface area (Å²) in [5.74, 6) is -1.65. The van der Waals surface area contributed by atoms with Crippen LogP contribution in [-0.4, -0.2) is 32.2 Å². The number of anilines is 1. The molecule has 0 aliphatic heterocycles. The number of pyridine rings is 1. The summed E-state index contributed by atoms with van der Waals surface area (Å²) in [4.78, 5) is 15.8. The van der Waals surface area contributed by atoms with Crippen LogP contribution in [0.1, 0.15) is 49.6 Å². The summed E-state index contributed by atoms with van der Waals surface area (Å²) >= 11 is 0. The zero-order chi connectivity index (χ0) is 25.5. The summed E-state index contributed by atoms with van der Waals surface area (Å²) in [6.07, 6.45) is 0.0194. The maximum atomic E-state index is 14.2. The van der Waals surface area contributed by atoms with Gasteiger partial charge in [0.05, 0.1) is 24.6 Å². The Hall–Kier alpha value is -3.15. The van der Waals surface area contributed by atoms with Crippen LogP contribution in [0, 0.1) is 5.82 Å². The number of carbonyl (C=O) groups is 1. The molecule has 0 radical (unpaired) electrons. The van der Waals surface area contributed by atoms with Gasteiger partial charge in [0, 0.05) is 11.6 Å². The van der Waals surface area contributed by atoms with Gasteiger partial charge in [-0.15, -0.1) is 0 Å². The number of nitrogens with zero attached hydrogens (tertiary/aromatic N) is 1. The minimum absolute atomic E-state index is 0.171. The highest BCUT2D eigenvalue weighted by atomic mass is 32.2. The van der Waals surface area contributed by atoms with E-state index in [1.165, 1.54) is 18.2 Å². The van der Waals surface area contributed by atoms with E-state index in [-0.39, 0.29) is 23.7 Å². The van der Waals surface area contributed by atoms with Gasteiger partial charge in [-0.2, -0.15) is 13.2 Å². The van der Waals surface area contributed by atoms with Crippen LogP contribution in [0.4, 0.5) is 23.2 Å². The molecule has 0 unspecified atom stereocenters. The predicted octanol–water partition coefficient (Wildman–Crippen LogP) is 4.68. The van der Waals surface area contributed by atoms with Gasteiger partial charge in [-0.25, -0.2) is 17.8 Å². The first-order valence-electron chi connectivity index (χ1n) is 10.3. The number of carbonyl (C=O) groups excluding carboxylic acids is 1. The second-order valence-corrected chi connectivity index (χ2v) is 9.22. The van der Waals surface area contributed by atoms with E-state index in [0.717, 1.165) is 37.0 Å². The second kappa shape index (κ2) is 11.3. The molecule has 2 aromatic rings. The van der Waals surface area contributed by atoms with Gasteiger partial charge in [0.1, 0.15) is 11.5 Å². The van der Waals surface area contributed by atoms with E-state index in [4.69, 9.17) is 4.74 Å². The Morgan fingerprint density at radius 3 is 2.53 bits per heavy atom. The molecule has 0 aliphatic carbocycles. The minimum Gasteiger partial charge on any atom is -0.477 e. The van der Waals surface area contributed by atoms with Crippen molar-refractivity contribution >= 4 is 27.7 Å². The summed E-state index contributed by atoms with van der Waals surface area (Å²) < 4.78 is 83.1. The maximum Gasteiger partial charge on any atom is 0.433 e. The molecule has 2 N–H and O–H groups in total. The molecule has 12 heteroatoms. The van der Waals surface area contributed by atoms with E-state index in [9.17, 15) is 30.8 Å². The molecule has 186 valence electrons. The number of alkyl halides is 3. The number of rotatable bonds is 10. The van der Waals surface area contributed by atoms with Crippen molar-refractivity contribution in [2.24, 2.45) is 0 Å². The molecule has 1 atom stereocenters. The van der Waals surface area contributed by atoms with Crippen LogP contribution in [0.5, 0.6) is 5.88 Å². The number of sulfonamides is 1. The third kappa shape index (κ3) is 8.32. The van der Waals surface area contributed by atoms with Crippen molar-refractivity contribution in [3.8, 4) is 5.88 Å². The number of hydrogen-bond donors (Lipinski definition) is 2. The molecule has 1 heterocycles. The number of hydrogen-bond acceptors (Lipinski definition) is 5. The predicted molar refractivity (Wildman–Crippen MR) is 120 cm³/mol. The van der Waals surface area contributed by atoms with Crippen molar-refractivity contribution in [3.05, 3.63) is 59.0 Å². The second-order valence-electron chi connectivity index (χ2n) is 7.47. The van der Waals surface area contributed by atoms with E-state index < -0.39 is 39.7 Å². The Morgan fingerprint density at radius 2 is 1.94 bits per heavy atom. The third-order valence-corrected chi connectivity index (χ3v) is 5.07. The molecular formula is C22H25F4N3O4S. The molecule has 1 amide bonds. The van der Waals surface area contributed by atoms with Crippen molar-refractivity contribution in [2.45, 2.75) is 38.9 Å². The van der Waals surface area contributed by atoms with E-state index in [1.807, 2.05) is 11.6 Å². The highest BCUT2D eigenvalue weighted by Crippen LogP contribution is 2.30. The zero-order valence-corrected chi connectivity index (χ0v) is 19.6. The molecule has 0 saturated carbocycles. The molecule has 0 bridgehead atoms. The van der Waals surface area contributed by atoms with Crippen LogP contribution in [0.25, 0.3) is 6.08 Å². The quantitative estimate of drug-likeness (QED) is 0.279. The van der Waals surface area contributed by atoms with Gasteiger partial charge < -0.3 is 10.1 Å². The van der Waals surface area contributed by atoms with E-state index in [0.29, 0.717) is 12.0 Å². The van der Waals surface area contributed by atoms with Gasteiger partial charge in [0.25, 0.3) is 0 Å². The van der Waals surface area contributed by atoms with Gasteiger partial charge in [0.2, 0.25) is 21.8 Å². The van der Waals surface area contributed by atoms with Gasteiger partial charge in [0.15, 0.2) is 0 Å². The van der Waals surface area contributed by atoms with Crippen LogP contribution in [0.2, 0.25) is 0 Å². The average Bonchev–Trinajstić information content (AvgIpc) is 2.72. The average molecular weight is 504 g/mol. The molecule has 0 aliphatic rings. The monoisotopic (exact) mass is 503 g/mol. The SMILES string of the molecule is CCCCOc1nc(C(F)(F)F)ccc1/C=C/C(=O)N[C@H](C)c1ccc(NS(C)(=O)=O)c(F)c1. The lowest BCUT2D eigenvalue weighted by molar-refractivity contribution is -0.141. The Morgan fingerprint density at radius 1 is 1.24 bits per heavy atom. The minimum atomic E-state index is -4.64. The third-order valence-electron chi connectivity index (χ3n) is 4.48. The summed E-state index contributed by atoms with van der Waals surface area (Å²) in [6.45, 7) is 3.66. The number of halogens is 4. The lowest BCUT2D eigenvalue weighted by Crippen LogP contribution is -2.24. The fourth-order valence-electron chi connectivity index (χ4n) is 2.76. The van der Waals surface area contributed by atoms with Crippen LogP contribution in [0.15, 0.2) is 36.4 Å². The fraction of sp³-hybridized carbons (Fsp3) is 0.364. The molecular weight excluding hydrogens is 478 g/mol. The number of ether oxygens (including phenoxy) is 1. The largest absolute Gasteiger partial charge is 0.477 e. The van der Waals surface area contributed by atoms with Crippen LogP contribution < -0.4 is 14.8 Å². The topological polar surface area (TPSA) is 97.4 Å². The van der Waals surface area contributed by atoms with Crippen molar-refractivity contribution in [3.63, 3.8) is 0 Å². The van der Waals surface area contributed by atoms with Gasteiger partial charge in [-0.1, -0.05) is 19.4 Å². The first-order valence-corrected chi connectivity index (χ1v) is 12.2. The number of aromatic nitrogens is 1. The van der Waals surface area contributed by atoms with Crippen molar-refractivity contribution in [1.29, 1.82) is 0 Å². The molecule has 1 aromatic heterocycles. The van der Waals surface area contributed by atoms with Crippen LogP contribution in [-0.2, 0) is 21.0 Å². The number of amides is 1. The van der Waals surface area contributed by atoms with Gasteiger partial charge in [-0.05, 0) is 49.2 Å². The summed E-state index contributed by atoms with van der Waals surface area (Å²) in [5, 5.41) is 2.60.